The Kier molecular flexibility index (Phi) is 7.14. The number of anilines is 1. The molecule has 0 radical (unpaired) electrons. The Hall–Kier alpha value is -2.48. The second kappa shape index (κ2) is 8.84. The van der Waals surface area contributed by atoms with Crippen LogP contribution in [0, 0.1) is 17.0 Å². The van der Waals surface area contributed by atoms with Crippen LogP contribution in [-0.2, 0) is 9.59 Å². The van der Waals surface area contributed by atoms with Gasteiger partial charge in [0, 0.05) is 12.6 Å². The van der Waals surface area contributed by atoms with Crippen LogP contribution in [0.2, 0.25) is 0 Å². The van der Waals surface area contributed by atoms with Gasteiger partial charge in [-0.25, -0.2) is 0 Å². The lowest BCUT2D eigenvalue weighted by Crippen LogP contribution is -2.39. The summed E-state index contributed by atoms with van der Waals surface area (Å²) in [5.74, 6) is -0.572. The predicted octanol–water partition coefficient (Wildman–Crippen LogP) is 1.30. The van der Waals surface area contributed by atoms with Crippen molar-refractivity contribution in [2.75, 3.05) is 32.0 Å². The van der Waals surface area contributed by atoms with E-state index in [4.69, 9.17) is 0 Å². The van der Waals surface area contributed by atoms with Gasteiger partial charge in [0.2, 0.25) is 11.8 Å². The van der Waals surface area contributed by atoms with Gasteiger partial charge in [0.25, 0.3) is 5.69 Å². The first kappa shape index (κ1) is 18.6. The number of rotatable bonds is 8. The van der Waals surface area contributed by atoms with Gasteiger partial charge in [-0.2, -0.15) is 0 Å². The van der Waals surface area contributed by atoms with Crippen LogP contribution in [0.1, 0.15) is 18.9 Å². The Morgan fingerprint density at radius 2 is 1.91 bits per heavy atom. The van der Waals surface area contributed by atoms with Crippen molar-refractivity contribution in [3.63, 3.8) is 0 Å². The summed E-state index contributed by atoms with van der Waals surface area (Å²) in [7, 11) is 1.64. The number of nitro benzene ring substituents is 1. The molecule has 0 bridgehead atoms. The van der Waals surface area contributed by atoms with Crippen molar-refractivity contribution in [2.45, 2.75) is 20.3 Å². The summed E-state index contributed by atoms with van der Waals surface area (Å²) in [4.78, 5) is 35.6. The Labute approximate surface area is 135 Å². The third-order valence-corrected chi connectivity index (χ3v) is 3.11. The standard InChI is InChI=1S/C15H22N4O4/c1-4-8-16-13(20)9-18(3)10-14(21)17-15-11(2)6-5-7-12(15)19(22)23/h5-7H,4,8-10H2,1-3H3,(H,16,20)(H,17,21). The molecule has 0 unspecified atom stereocenters. The molecule has 0 aliphatic carbocycles. The summed E-state index contributed by atoms with van der Waals surface area (Å²) in [6.07, 6.45) is 0.840. The highest BCUT2D eigenvalue weighted by Gasteiger charge is 2.18. The van der Waals surface area contributed by atoms with Gasteiger partial charge in [-0.05, 0) is 26.0 Å². The van der Waals surface area contributed by atoms with Crippen molar-refractivity contribution in [2.24, 2.45) is 0 Å². The number of likely N-dealkylation sites (N-methyl/N-ethyl adjacent to an activating group) is 1. The average Bonchev–Trinajstić information content (AvgIpc) is 2.46. The van der Waals surface area contributed by atoms with E-state index in [2.05, 4.69) is 10.6 Å². The third kappa shape index (κ3) is 6.03. The lowest BCUT2D eigenvalue weighted by atomic mass is 10.1. The minimum atomic E-state index is -0.537. The number of carbonyl (C=O) groups excluding carboxylic acids is 2. The maximum atomic E-state index is 12.0. The van der Waals surface area contributed by atoms with E-state index in [1.807, 2.05) is 6.92 Å². The van der Waals surface area contributed by atoms with Gasteiger partial charge in [-0.15, -0.1) is 0 Å². The Morgan fingerprint density at radius 1 is 1.26 bits per heavy atom. The molecule has 8 nitrogen and oxygen atoms in total. The molecule has 1 aromatic carbocycles. The molecule has 0 aromatic heterocycles. The van der Waals surface area contributed by atoms with E-state index in [-0.39, 0.29) is 30.4 Å². The number of nitrogens with zero attached hydrogens (tertiary/aromatic N) is 2. The van der Waals surface area contributed by atoms with E-state index in [9.17, 15) is 19.7 Å². The second-order valence-electron chi connectivity index (χ2n) is 5.30. The molecule has 126 valence electrons. The molecule has 2 N–H and O–H groups in total. The van der Waals surface area contributed by atoms with Gasteiger partial charge in [0.15, 0.2) is 0 Å². The maximum absolute atomic E-state index is 12.0. The highest BCUT2D eigenvalue weighted by Crippen LogP contribution is 2.27. The highest BCUT2D eigenvalue weighted by molar-refractivity contribution is 5.95. The smallest absolute Gasteiger partial charge is 0.293 e. The van der Waals surface area contributed by atoms with Crippen molar-refractivity contribution >= 4 is 23.2 Å². The topological polar surface area (TPSA) is 105 Å². The lowest BCUT2D eigenvalue weighted by Gasteiger charge is -2.16. The van der Waals surface area contributed by atoms with E-state index in [0.29, 0.717) is 12.1 Å². The first-order valence-electron chi connectivity index (χ1n) is 7.34. The number of hydrogen-bond acceptors (Lipinski definition) is 5. The molecule has 0 saturated heterocycles. The zero-order valence-electron chi connectivity index (χ0n) is 13.6. The number of carbonyl (C=O) groups is 2. The summed E-state index contributed by atoms with van der Waals surface area (Å²) in [6, 6.07) is 4.59. The number of benzene rings is 1. The monoisotopic (exact) mass is 322 g/mol. The largest absolute Gasteiger partial charge is 0.355 e. The van der Waals surface area contributed by atoms with Gasteiger partial charge in [0.05, 0.1) is 18.0 Å². The van der Waals surface area contributed by atoms with E-state index in [1.165, 1.54) is 6.07 Å². The van der Waals surface area contributed by atoms with E-state index in [1.54, 1.807) is 31.0 Å². The van der Waals surface area contributed by atoms with Crippen LogP contribution in [0.5, 0.6) is 0 Å². The molecule has 0 aliphatic rings. The lowest BCUT2D eigenvalue weighted by molar-refractivity contribution is -0.384. The summed E-state index contributed by atoms with van der Waals surface area (Å²) in [5, 5.41) is 16.3. The SMILES string of the molecule is CCCNC(=O)CN(C)CC(=O)Nc1c(C)cccc1[N+](=O)[O-]. The molecular weight excluding hydrogens is 300 g/mol. The number of hydrogen-bond donors (Lipinski definition) is 2. The van der Waals surface area contributed by atoms with Gasteiger partial charge in [-0.3, -0.25) is 24.6 Å². The van der Waals surface area contributed by atoms with Gasteiger partial charge < -0.3 is 10.6 Å². The molecule has 23 heavy (non-hydrogen) atoms. The van der Waals surface area contributed by atoms with Crippen molar-refractivity contribution in [1.82, 2.24) is 10.2 Å². The predicted molar refractivity (Wildman–Crippen MR) is 87.3 cm³/mol. The van der Waals surface area contributed by atoms with Crippen LogP contribution in [0.25, 0.3) is 0 Å². The summed E-state index contributed by atoms with van der Waals surface area (Å²) in [5.41, 5.74) is 0.643. The number of aryl methyl sites for hydroxylation is 1. The number of nitro groups is 1. The molecule has 0 saturated carbocycles. The molecule has 0 fully saturated rings. The fourth-order valence-electron chi connectivity index (χ4n) is 2.01. The fraction of sp³-hybridized carbons (Fsp3) is 0.467. The minimum Gasteiger partial charge on any atom is -0.355 e. The Balaban J connectivity index is 2.64. The molecule has 0 spiro atoms. The molecule has 0 aliphatic heterocycles. The first-order chi connectivity index (χ1) is 10.8. The Morgan fingerprint density at radius 3 is 2.52 bits per heavy atom. The van der Waals surface area contributed by atoms with Crippen molar-refractivity contribution in [1.29, 1.82) is 0 Å². The molecule has 1 aromatic rings. The third-order valence-electron chi connectivity index (χ3n) is 3.11. The van der Waals surface area contributed by atoms with Crippen molar-refractivity contribution in [3.05, 3.63) is 33.9 Å². The summed E-state index contributed by atoms with van der Waals surface area (Å²) >= 11 is 0. The number of amides is 2. The molecule has 0 heterocycles. The first-order valence-corrected chi connectivity index (χ1v) is 7.34. The normalized spacial score (nSPS) is 10.4. The maximum Gasteiger partial charge on any atom is 0.293 e. The Bertz CT molecular complexity index is 589. The zero-order valence-corrected chi connectivity index (χ0v) is 13.6. The summed E-state index contributed by atoms with van der Waals surface area (Å²) < 4.78 is 0. The van der Waals surface area contributed by atoms with Gasteiger partial charge in [-0.1, -0.05) is 19.1 Å². The average molecular weight is 322 g/mol. The second-order valence-corrected chi connectivity index (χ2v) is 5.30. The van der Waals surface area contributed by atoms with Crippen molar-refractivity contribution in [3.8, 4) is 0 Å². The van der Waals surface area contributed by atoms with Crippen LogP contribution in [-0.4, -0.2) is 48.3 Å². The quantitative estimate of drug-likeness (QED) is 0.554. The van der Waals surface area contributed by atoms with Gasteiger partial charge >= 0.3 is 0 Å². The van der Waals surface area contributed by atoms with E-state index >= 15 is 0 Å². The van der Waals surface area contributed by atoms with Crippen molar-refractivity contribution < 1.29 is 14.5 Å². The molecule has 2 amide bonds. The van der Waals surface area contributed by atoms with Crippen LogP contribution >= 0.6 is 0 Å². The van der Waals surface area contributed by atoms with Crippen LogP contribution < -0.4 is 10.6 Å². The van der Waals surface area contributed by atoms with E-state index < -0.39 is 10.8 Å². The highest BCUT2D eigenvalue weighted by atomic mass is 16.6. The van der Waals surface area contributed by atoms with Gasteiger partial charge in [0.1, 0.15) is 5.69 Å². The fourth-order valence-corrected chi connectivity index (χ4v) is 2.01. The zero-order chi connectivity index (χ0) is 17.4. The van der Waals surface area contributed by atoms with E-state index in [0.717, 1.165) is 6.42 Å². The molecule has 8 heteroatoms. The van der Waals surface area contributed by atoms with Crippen LogP contribution in [0.4, 0.5) is 11.4 Å². The van der Waals surface area contributed by atoms with Crippen LogP contribution in [0.3, 0.4) is 0 Å². The summed E-state index contributed by atoms with van der Waals surface area (Å²) in [6.45, 7) is 4.28. The molecule has 1 rings (SSSR count). The molecular formula is C15H22N4O4. The number of nitrogens with one attached hydrogen (secondary N) is 2. The molecule has 0 atom stereocenters. The number of para-hydroxylation sites is 1. The minimum absolute atomic E-state index is 0.0367. The van der Waals surface area contributed by atoms with Crippen LogP contribution in [0.15, 0.2) is 18.2 Å².